The molecule has 2 aromatic carbocycles. The summed E-state index contributed by atoms with van der Waals surface area (Å²) in [7, 11) is -3.81. The number of nitrogens with one attached hydrogen (secondary N) is 2. The minimum absolute atomic E-state index is 0.0160. The molecule has 2 atom stereocenters. The maximum Gasteiger partial charge on any atom is 0.323 e. The molecule has 1 aliphatic carbocycles. The zero-order valence-corrected chi connectivity index (χ0v) is 20.9. The highest BCUT2D eigenvalue weighted by atomic mass is 32.2. The first-order valence-corrected chi connectivity index (χ1v) is 13.5. The number of sulfonamides is 1. The third-order valence-corrected chi connectivity index (χ3v) is 10.0. The van der Waals surface area contributed by atoms with Gasteiger partial charge in [-0.05, 0) is 57.2 Å². The Morgan fingerprint density at radius 2 is 1.81 bits per heavy atom. The second-order valence-corrected chi connectivity index (χ2v) is 12.5. The first-order chi connectivity index (χ1) is 16.9. The van der Waals surface area contributed by atoms with Gasteiger partial charge >= 0.3 is 5.69 Å². The van der Waals surface area contributed by atoms with Crippen LogP contribution in [0, 0.1) is 11.6 Å². The molecule has 1 aliphatic heterocycles. The lowest BCUT2D eigenvalue weighted by Crippen LogP contribution is -2.54. The third kappa shape index (κ3) is 4.10. The molecule has 2 heterocycles. The highest BCUT2D eigenvalue weighted by molar-refractivity contribution is 7.89. The molecule has 2 fully saturated rings. The van der Waals surface area contributed by atoms with Crippen molar-refractivity contribution in [2.45, 2.75) is 68.4 Å². The summed E-state index contributed by atoms with van der Waals surface area (Å²) >= 11 is 0. The summed E-state index contributed by atoms with van der Waals surface area (Å²) in [4.78, 5) is 16.8. The SMILES string of the molecule is C[C@H]1CC[C@H](c2ccccc2)S(=O)(=O)N1Cc1cc(F)c([C@]2(c3c[nH]c(=O)[nH]3)C[C@](C)(O)C2)cc1F. The minimum Gasteiger partial charge on any atom is -0.390 e. The van der Waals surface area contributed by atoms with Gasteiger partial charge in [-0.3, -0.25) is 0 Å². The maximum absolute atomic E-state index is 15.6. The molecule has 1 aromatic heterocycles. The van der Waals surface area contributed by atoms with Crippen molar-refractivity contribution in [2.24, 2.45) is 0 Å². The van der Waals surface area contributed by atoms with E-state index in [1.807, 2.05) is 6.07 Å². The van der Waals surface area contributed by atoms with Gasteiger partial charge in [0.1, 0.15) is 16.9 Å². The van der Waals surface area contributed by atoms with E-state index in [-0.39, 0.29) is 36.6 Å². The van der Waals surface area contributed by atoms with Gasteiger partial charge in [0.05, 0.1) is 5.60 Å². The van der Waals surface area contributed by atoms with Crippen LogP contribution in [0.1, 0.15) is 67.2 Å². The number of rotatable bonds is 5. The van der Waals surface area contributed by atoms with Gasteiger partial charge in [0.2, 0.25) is 10.0 Å². The van der Waals surface area contributed by atoms with Gasteiger partial charge in [-0.2, -0.15) is 4.31 Å². The Morgan fingerprint density at radius 1 is 1.11 bits per heavy atom. The normalized spacial score (nSPS) is 30.1. The van der Waals surface area contributed by atoms with Crippen molar-refractivity contribution in [3.8, 4) is 0 Å². The summed E-state index contributed by atoms with van der Waals surface area (Å²) in [6.07, 6.45) is 2.66. The summed E-state index contributed by atoms with van der Waals surface area (Å²) in [6, 6.07) is 10.7. The predicted octanol–water partition coefficient (Wildman–Crippen LogP) is 3.87. The fourth-order valence-electron chi connectivity index (χ4n) is 5.96. The van der Waals surface area contributed by atoms with E-state index in [9.17, 15) is 18.3 Å². The first-order valence-electron chi connectivity index (χ1n) is 12.0. The topological polar surface area (TPSA) is 106 Å². The number of aliphatic hydroxyl groups is 1. The molecule has 192 valence electrons. The number of aromatic nitrogens is 2. The summed E-state index contributed by atoms with van der Waals surface area (Å²) < 4.78 is 59.3. The summed E-state index contributed by atoms with van der Waals surface area (Å²) in [5, 5.41) is 9.68. The van der Waals surface area contributed by atoms with E-state index in [1.54, 1.807) is 38.1 Å². The van der Waals surface area contributed by atoms with Crippen LogP contribution >= 0.6 is 0 Å². The molecule has 1 saturated carbocycles. The van der Waals surface area contributed by atoms with E-state index >= 15 is 8.78 Å². The van der Waals surface area contributed by atoms with Gasteiger partial charge < -0.3 is 15.1 Å². The van der Waals surface area contributed by atoms with Crippen molar-refractivity contribution in [3.05, 3.63) is 93.2 Å². The molecule has 0 radical (unpaired) electrons. The molecule has 10 heteroatoms. The van der Waals surface area contributed by atoms with Crippen LogP contribution in [0.3, 0.4) is 0 Å². The highest BCUT2D eigenvalue weighted by Gasteiger charge is 2.55. The van der Waals surface area contributed by atoms with Crippen LogP contribution in [-0.4, -0.2) is 39.4 Å². The predicted molar refractivity (Wildman–Crippen MR) is 131 cm³/mol. The number of imidazole rings is 1. The van der Waals surface area contributed by atoms with E-state index in [2.05, 4.69) is 9.97 Å². The van der Waals surface area contributed by atoms with Crippen LogP contribution in [0.4, 0.5) is 8.78 Å². The Bertz CT molecular complexity index is 1440. The fourth-order valence-corrected chi connectivity index (χ4v) is 8.15. The highest BCUT2D eigenvalue weighted by Crippen LogP contribution is 2.54. The van der Waals surface area contributed by atoms with Crippen molar-refractivity contribution >= 4 is 10.0 Å². The average Bonchev–Trinajstić information content (AvgIpc) is 3.23. The van der Waals surface area contributed by atoms with Crippen molar-refractivity contribution in [1.29, 1.82) is 0 Å². The van der Waals surface area contributed by atoms with Gasteiger partial charge in [0.15, 0.2) is 0 Å². The van der Waals surface area contributed by atoms with Crippen LogP contribution in [-0.2, 0) is 22.0 Å². The van der Waals surface area contributed by atoms with Gasteiger partial charge in [-0.1, -0.05) is 30.3 Å². The van der Waals surface area contributed by atoms with E-state index < -0.39 is 43.6 Å². The number of aromatic amines is 2. The Balaban J connectivity index is 1.49. The monoisotopic (exact) mass is 517 g/mol. The van der Waals surface area contributed by atoms with Gasteiger partial charge in [-0.15, -0.1) is 0 Å². The van der Waals surface area contributed by atoms with E-state index in [0.717, 1.165) is 12.1 Å². The molecule has 7 nitrogen and oxygen atoms in total. The Kier molecular flexibility index (Phi) is 5.96. The Hall–Kier alpha value is -2.82. The number of nitrogens with zero attached hydrogens (tertiary/aromatic N) is 1. The standard InChI is InChI=1S/C26H29F2N3O4S/c1-16-8-9-22(17-6-4-3-5-7-17)36(34,35)31(16)13-18-10-21(28)19(11-20(18)27)26(14-25(2,33)15-26)23-12-29-24(32)30-23/h3-7,10-12,16,22,33H,8-9,13-15H2,1-2H3,(H2,29,30,32)/t16-,22+,25-,26-/m0/s1. The van der Waals surface area contributed by atoms with Gasteiger partial charge in [0.25, 0.3) is 0 Å². The number of halogens is 2. The number of hydrogen-bond acceptors (Lipinski definition) is 4. The maximum atomic E-state index is 15.6. The van der Waals surface area contributed by atoms with Crippen LogP contribution in [0.2, 0.25) is 0 Å². The van der Waals surface area contributed by atoms with E-state index in [1.165, 1.54) is 10.5 Å². The molecule has 0 bridgehead atoms. The molecular weight excluding hydrogens is 488 g/mol. The third-order valence-electron chi connectivity index (χ3n) is 7.65. The molecule has 1 saturated heterocycles. The second kappa shape index (κ2) is 8.64. The molecule has 5 rings (SSSR count). The second-order valence-electron chi connectivity index (χ2n) is 10.4. The number of benzene rings is 2. The number of H-pyrrole nitrogens is 2. The molecule has 0 unspecified atom stereocenters. The zero-order chi connectivity index (χ0) is 25.9. The van der Waals surface area contributed by atoms with Crippen LogP contribution in [0.5, 0.6) is 0 Å². The van der Waals surface area contributed by atoms with E-state index in [4.69, 9.17) is 0 Å². The molecule has 3 N–H and O–H groups in total. The van der Waals surface area contributed by atoms with Crippen LogP contribution in [0.25, 0.3) is 0 Å². The summed E-state index contributed by atoms with van der Waals surface area (Å²) in [5.41, 5.74) is -1.69. The quantitative estimate of drug-likeness (QED) is 0.478. The largest absolute Gasteiger partial charge is 0.390 e. The zero-order valence-electron chi connectivity index (χ0n) is 20.1. The Labute approximate surface area is 208 Å². The number of hydrogen-bond donors (Lipinski definition) is 3. The van der Waals surface area contributed by atoms with Crippen molar-refractivity contribution in [1.82, 2.24) is 14.3 Å². The molecule has 0 spiro atoms. The summed E-state index contributed by atoms with van der Waals surface area (Å²) in [5.74, 6) is -1.45. The molecule has 36 heavy (non-hydrogen) atoms. The lowest BCUT2D eigenvalue weighted by Gasteiger charge is -2.51. The first kappa shape index (κ1) is 24.9. The minimum atomic E-state index is -3.81. The lowest BCUT2D eigenvalue weighted by atomic mass is 9.55. The van der Waals surface area contributed by atoms with Gasteiger partial charge in [-0.25, -0.2) is 22.0 Å². The Morgan fingerprint density at radius 3 is 2.42 bits per heavy atom. The van der Waals surface area contributed by atoms with Gasteiger partial charge in [0, 0.05) is 41.0 Å². The molecule has 3 aromatic rings. The van der Waals surface area contributed by atoms with E-state index in [0.29, 0.717) is 24.1 Å². The van der Waals surface area contributed by atoms with Crippen molar-refractivity contribution < 1.29 is 22.3 Å². The average molecular weight is 518 g/mol. The molecular formula is C26H29F2N3O4S. The molecule has 2 aliphatic rings. The van der Waals surface area contributed by atoms with Crippen LogP contribution in [0.15, 0.2) is 53.5 Å². The smallest absolute Gasteiger partial charge is 0.323 e. The molecule has 0 amide bonds. The van der Waals surface area contributed by atoms with Crippen molar-refractivity contribution in [3.63, 3.8) is 0 Å². The summed E-state index contributed by atoms with van der Waals surface area (Å²) in [6.45, 7) is 3.08. The van der Waals surface area contributed by atoms with Crippen molar-refractivity contribution in [2.75, 3.05) is 0 Å². The van der Waals surface area contributed by atoms with Crippen LogP contribution < -0.4 is 5.69 Å². The lowest BCUT2D eigenvalue weighted by molar-refractivity contribution is -0.0633. The fraction of sp³-hybridized carbons (Fsp3) is 0.423.